The number of rotatable bonds is 6. The molecule has 1 aliphatic carbocycles. The van der Waals surface area contributed by atoms with E-state index in [4.69, 9.17) is 0 Å². The maximum atomic E-state index is 12.6. The number of anilines is 1. The molecule has 0 aliphatic heterocycles. The summed E-state index contributed by atoms with van der Waals surface area (Å²) in [6, 6.07) is 7.11. The van der Waals surface area contributed by atoms with E-state index < -0.39 is 11.7 Å². The largest absolute Gasteiger partial charge is 0.416 e. The zero-order chi connectivity index (χ0) is 19.4. The van der Waals surface area contributed by atoms with Gasteiger partial charge in [-0.15, -0.1) is 0 Å². The van der Waals surface area contributed by atoms with Gasteiger partial charge in [-0.1, -0.05) is 25.0 Å². The Morgan fingerprint density at radius 2 is 1.89 bits per heavy atom. The molecule has 1 fully saturated rings. The van der Waals surface area contributed by atoms with E-state index in [1.165, 1.54) is 25.0 Å². The lowest BCUT2D eigenvalue weighted by Gasteiger charge is -2.18. The lowest BCUT2D eigenvalue weighted by molar-refractivity contribution is -0.137. The lowest BCUT2D eigenvalue weighted by Crippen LogP contribution is -2.30. The van der Waals surface area contributed by atoms with E-state index in [1.54, 1.807) is 24.2 Å². The van der Waals surface area contributed by atoms with Crippen LogP contribution in [0.1, 0.15) is 42.9 Å². The zero-order valence-corrected chi connectivity index (χ0v) is 15.2. The fraction of sp³-hybridized carbons (Fsp3) is 0.474. The van der Waals surface area contributed by atoms with Crippen molar-refractivity contribution in [2.24, 2.45) is 0 Å². The minimum Gasteiger partial charge on any atom is -0.310 e. The van der Waals surface area contributed by atoms with E-state index in [0.29, 0.717) is 24.0 Å². The number of nitrogens with zero attached hydrogens (tertiary/aromatic N) is 3. The van der Waals surface area contributed by atoms with Gasteiger partial charge in [-0.3, -0.25) is 9.69 Å². The molecule has 1 amide bonds. The summed E-state index contributed by atoms with van der Waals surface area (Å²) in [5.74, 6) is 0.513. The molecule has 3 rings (SSSR count). The summed E-state index contributed by atoms with van der Waals surface area (Å²) in [7, 11) is 1.76. The van der Waals surface area contributed by atoms with E-state index in [-0.39, 0.29) is 12.5 Å². The minimum absolute atomic E-state index is 0.136. The van der Waals surface area contributed by atoms with Crippen molar-refractivity contribution in [3.05, 3.63) is 47.7 Å². The highest BCUT2D eigenvalue weighted by Gasteiger charge is 2.30. The van der Waals surface area contributed by atoms with Gasteiger partial charge in [0.2, 0.25) is 5.91 Å². The molecular weight excluding hydrogens is 357 g/mol. The number of hydrogen-bond acceptors (Lipinski definition) is 3. The Balaban J connectivity index is 1.53. The van der Waals surface area contributed by atoms with Gasteiger partial charge in [0, 0.05) is 12.6 Å². The van der Waals surface area contributed by atoms with Crippen LogP contribution in [0.25, 0.3) is 0 Å². The van der Waals surface area contributed by atoms with Crippen molar-refractivity contribution in [3.63, 3.8) is 0 Å². The molecule has 0 unspecified atom stereocenters. The molecule has 0 saturated heterocycles. The SMILES string of the molecule is CN(CC(=O)Nc1ccnn1C1CCCC1)Cc1ccc(C(F)(F)F)cc1. The van der Waals surface area contributed by atoms with E-state index >= 15 is 0 Å². The summed E-state index contributed by atoms with van der Waals surface area (Å²) < 4.78 is 39.7. The second-order valence-corrected chi connectivity index (χ2v) is 7.01. The average molecular weight is 380 g/mol. The van der Waals surface area contributed by atoms with Gasteiger partial charge in [-0.2, -0.15) is 18.3 Å². The molecule has 0 atom stereocenters. The number of hydrogen-bond donors (Lipinski definition) is 1. The second-order valence-electron chi connectivity index (χ2n) is 7.01. The molecule has 0 spiro atoms. The lowest BCUT2D eigenvalue weighted by atomic mass is 10.1. The van der Waals surface area contributed by atoms with Crippen LogP contribution < -0.4 is 5.32 Å². The number of amides is 1. The number of halogens is 3. The molecule has 0 bridgehead atoms. The molecule has 146 valence electrons. The van der Waals surface area contributed by atoms with Crippen LogP contribution in [0.15, 0.2) is 36.5 Å². The van der Waals surface area contributed by atoms with Crippen molar-refractivity contribution in [2.75, 3.05) is 18.9 Å². The fourth-order valence-electron chi connectivity index (χ4n) is 3.45. The Hall–Kier alpha value is -2.35. The minimum atomic E-state index is -4.34. The Morgan fingerprint density at radius 1 is 1.22 bits per heavy atom. The third-order valence-corrected chi connectivity index (χ3v) is 4.76. The van der Waals surface area contributed by atoms with E-state index in [1.807, 2.05) is 4.68 Å². The Labute approximate surface area is 156 Å². The van der Waals surface area contributed by atoms with E-state index in [9.17, 15) is 18.0 Å². The third-order valence-electron chi connectivity index (χ3n) is 4.76. The first kappa shape index (κ1) is 19.4. The standard InChI is InChI=1S/C19H23F3N4O/c1-25(12-14-6-8-15(9-7-14)19(20,21)22)13-18(27)24-17-10-11-23-26(17)16-4-2-3-5-16/h6-11,16H,2-5,12-13H2,1H3,(H,24,27). The maximum Gasteiger partial charge on any atom is 0.416 e. The number of carbonyl (C=O) groups excluding carboxylic acids is 1. The number of alkyl halides is 3. The van der Waals surface area contributed by atoms with Gasteiger partial charge < -0.3 is 5.32 Å². The first-order valence-corrected chi connectivity index (χ1v) is 9.01. The zero-order valence-electron chi connectivity index (χ0n) is 15.2. The van der Waals surface area contributed by atoms with Crippen LogP contribution in [0, 0.1) is 0 Å². The van der Waals surface area contributed by atoms with Crippen LogP contribution in [-0.4, -0.2) is 34.2 Å². The summed E-state index contributed by atoms with van der Waals surface area (Å²) in [6.45, 7) is 0.518. The van der Waals surface area contributed by atoms with Gasteiger partial charge >= 0.3 is 6.18 Å². The molecule has 1 aromatic heterocycles. The number of benzene rings is 1. The monoisotopic (exact) mass is 380 g/mol. The first-order valence-electron chi connectivity index (χ1n) is 9.01. The molecule has 1 heterocycles. The number of likely N-dealkylation sites (N-methyl/N-ethyl adjacent to an activating group) is 1. The van der Waals surface area contributed by atoms with Crippen LogP contribution in [0.3, 0.4) is 0 Å². The smallest absolute Gasteiger partial charge is 0.310 e. The van der Waals surface area contributed by atoms with Crippen LogP contribution >= 0.6 is 0 Å². The number of nitrogens with one attached hydrogen (secondary N) is 1. The van der Waals surface area contributed by atoms with Crippen LogP contribution in [0.5, 0.6) is 0 Å². The topological polar surface area (TPSA) is 50.2 Å². The molecule has 1 N–H and O–H groups in total. The van der Waals surface area contributed by atoms with E-state index in [2.05, 4.69) is 10.4 Å². The van der Waals surface area contributed by atoms with E-state index in [0.717, 1.165) is 25.0 Å². The summed E-state index contributed by atoms with van der Waals surface area (Å²) in [5, 5.41) is 7.21. The van der Waals surface area contributed by atoms with Crippen LogP contribution in [0.2, 0.25) is 0 Å². The Morgan fingerprint density at radius 3 is 2.52 bits per heavy atom. The molecule has 27 heavy (non-hydrogen) atoms. The van der Waals surface area contributed by atoms with Gasteiger partial charge in [-0.05, 0) is 37.6 Å². The molecular formula is C19H23F3N4O. The third kappa shape index (κ3) is 5.09. The predicted molar refractivity (Wildman–Crippen MR) is 96.1 cm³/mol. The maximum absolute atomic E-state index is 12.6. The van der Waals surface area contributed by atoms with Crippen molar-refractivity contribution < 1.29 is 18.0 Å². The summed E-state index contributed by atoms with van der Waals surface area (Å²) >= 11 is 0. The van der Waals surface area contributed by atoms with Crippen molar-refractivity contribution in [2.45, 2.75) is 44.4 Å². The number of aromatic nitrogens is 2. The van der Waals surface area contributed by atoms with Crippen molar-refractivity contribution in [3.8, 4) is 0 Å². The summed E-state index contributed by atoms with van der Waals surface area (Å²) in [6.07, 6.45) is 1.82. The molecule has 1 saturated carbocycles. The Kier molecular flexibility index (Phi) is 5.84. The van der Waals surface area contributed by atoms with Gasteiger partial charge in [-0.25, -0.2) is 4.68 Å². The second kappa shape index (κ2) is 8.12. The molecule has 0 radical (unpaired) electrons. The highest BCUT2D eigenvalue weighted by molar-refractivity contribution is 5.91. The van der Waals surface area contributed by atoms with Crippen LogP contribution in [0.4, 0.5) is 19.0 Å². The van der Waals surface area contributed by atoms with Gasteiger partial charge in [0.15, 0.2) is 0 Å². The Bertz CT molecular complexity index is 764. The van der Waals surface area contributed by atoms with Gasteiger partial charge in [0.25, 0.3) is 0 Å². The quantitative estimate of drug-likeness (QED) is 0.821. The molecule has 2 aromatic rings. The van der Waals surface area contributed by atoms with Crippen molar-refractivity contribution in [1.29, 1.82) is 0 Å². The fourth-order valence-corrected chi connectivity index (χ4v) is 3.45. The van der Waals surface area contributed by atoms with Crippen molar-refractivity contribution >= 4 is 11.7 Å². The highest BCUT2D eigenvalue weighted by atomic mass is 19.4. The highest BCUT2D eigenvalue weighted by Crippen LogP contribution is 2.31. The average Bonchev–Trinajstić information content (AvgIpc) is 3.25. The van der Waals surface area contributed by atoms with Gasteiger partial charge in [0.1, 0.15) is 5.82 Å². The molecule has 8 heteroatoms. The summed E-state index contributed by atoms with van der Waals surface area (Å²) in [4.78, 5) is 14.1. The predicted octanol–water partition coefficient (Wildman–Crippen LogP) is 4.09. The number of carbonyl (C=O) groups is 1. The van der Waals surface area contributed by atoms with Crippen molar-refractivity contribution in [1.82, 2.24) is 14.7 Å². The summed E-state index contributed by atoms with van der Waals surface area (Å²) in [5.41, 5.74) is 0.0427. The molecule has 1 aromatic carbocycles. The molecule has 5 nitrogen and oxygen atoms in total. The van der Waals surface area contributed by atoms with Crippen LogP contribution in [-0.2, 0) is 17.5 Å². The van der Waals surface area contributed by atoms with Gasteiger partial charge in [0.05, 0.1) is 24.3 Å². The first-order chi connectivity index (χ1) is 12.8. The molecule has 1 aliphatic rings. The normalized spacial score (nSPS) is 15.4.